The molecule has 2 aromatic carbocycles. The highest BCUT2D eigenvalue weighted by Crippen LogP contribution is 2.31. The topological polar surface area (TPSA) is 121 Å². The van der Waals surface area contributed by atoms with E-state index in [0.717, 1.165) is 17.7 Å². The first-order valence-electron chi connectivity index (χ1n) is 10.3. The van der Waals surface area contributed by atoms with Crippen LogP contribution >= 0.6 is 0 Å². The molecular weight excluding hydrogens is 414 g/mol. The molecular formula is C23H27N3O6. The second-order valence-electron chi connectivity index (χ2n) is 7.10. The SMILES string of the molecule is CCOC(=O)CC1CCc2cc(NC(=O)c3ccc(C(N)=NCOOC)cc3)ccc2O1. The monoisotopic (exact) mass is 441 g/mol. The summed E-state index contributed by atoms with van der Waals surface area (Å²) in [5, 5.41) is 2.89. The van der Waals surface area contributed by atoms with Gasteiger partial charge in [-0.05, 0) is 55.7 Å². The van der Waals surface area contributed by atoms with E-state index in [2.05, 4.69) is 20.1 Å². The van der Waals surface area contributed by atoms with Gasteiger partial charge in [-0.2, -0.15) is 0 Å². The number of amides is 1. The lowest BCUT2D eigenvalue weighted by atomic mass is 10.00. The van der Waals surface area contributed by atoms with E-state index < -0.39 is 0 Å². The lowest BCUT2D eigenvalue weighted by Gasteiger charge is -2.26. The summed E-state index contributed by atoms with van der Waals surface area (Å²) in [6.07, 6.45) is 1.50. The number of rotatable bonds is 9. The number of fused-ring (bicyclic) bond motifs is 1. The third-order valence-electron chi connectivity index (χ3n) is 4.90. The van der Waals surface area contributed by atoms with Crippen molar-refractivity contribution in [2.24, 2.45) is 10.7 Å². The van der Waals surface area contributed by atoms with Gasteiger partial charge in [-0.1, -0.05) is 12.1 Å². The number of nitrogens with two attached hydrogens (primary N) is 1. The standard InChI is InChI=1S/C23H27N3O6/c1-3-30-21(27)13-19-10-8-17-12-18(9-11-20(17)32-19)26-23(28)16-6-4-15(5-7-16)22(24)25-14-31-29-2/h4-7,9,11-12,19H,3,8,10,13-14H2,1-2H3,(H2,24,25)(H,26,28). The van der Waals surface area contributed by atoms with Crippen molar-refractivity contribution in [3.8, 4) is 5.75 Å². The van der Waals surface area contributed by atoms with Crippen LogP contribution in [0, 0.1) is 0 Å². The molecule has 0 radical (unpaired) electrons. The van der Waals surface area contributed by atoms with Crippen LogP contribution in [0.15, 0.2) is 47.5 Å². The summed E-state index contributed by atoms with van der Waals surface area (Å²) in [6.45, 7) is 2.12. The van der Waals surface area contributed by atoms with E-state index in [-0.39, 0.29) is 37.0 Å². The molecule has 2 aromatic rings. The molecule has 1 atom stereocenters. The third kappa shape index (κ3) is 6.29. The van der Waals surface area contributed by atoms with Crippen LogP contribution in [-0.2, 0) is 25.7 Å². The maximum atomic E-state index is 12.6. The number of esters is 1. The predicted octanol–water partition coefficient (Wildman–Crippen LogP) is 2.83. The molecule has 1 aliphatic heterocycles. The number of nitrogens with one attached hydrogen (secondary N) is 1. The molecule has 0 aromatic heterocycles. The number of amidine groups is 1. The van der Waals surface area contributed by atoms with E-state index in [1.165, 1.54) is 7.11 Å². The Morgan fingerprint density at radius 1 is 1.19 bits per heavy atom. The lowest BCUT2D eigenvalue weighted by Crippen LogP contribution is -2.26. The largest absolute Gasteiger partial charge is 0.490 e. The first-order valence-corrected chi connectivity index (χ1v) is 10.3. The molecule has 1 heterocycles. The van der Waals surface area contributed by atoms with Crippen LogP contribution in [0.5, 0.6) is 5.75 Å². The number of benzene rings is 2. The number of nitrogens with zero attached hydrogens (tertiary/aromatic N) is 1. The van der Waals surface area contributed by atoms with Crippen molar-refractivity contribution in [2.45, 2.75) is 32.3 Å². The Hall–Kier alpha value is -3.43. The first-order chi connectivity index (χ1) is 15.5. The van der Waals surface area contributed by atoms with Gasteiger partial charge < -0.3 is 20.5 Å². The second-order valence-corrected chi connectivity index (χ2v) is 7.10. The van der Waals surface area contributed by atoms with Gasteiger partial charge in [0.15, 0.2) is 6.73 Å². The van der Waals surface area contributed by atoms with Gasteiger partial charge in [-0.25, -0.2) is 14.8 Å². The molecule has 0 aliphatic carbocycles. The van der Waals surface area contributed by atoms with Gasteiger partial charge >= 0.3 is 5.97 Å². The average molecular weight is 441 g/mol. The Bertz CT molecular complexity index is 974. The molecule has 3 rings (SSSR count). The number of hydrogen-bond acceptors (Lipinski definition) is 7. The van der Waals surface area contributed by atoms with Gasteiger partial charge in [0.1, 0.15) is 17.7 Å². The van der Waals surface area contributed by atoms with Crippen LogP contribution < -0.4 is 15.8 Å². The van der Waals surface area contributed by atoms with Crippen molar-refractivity contribution in [1.82, 2.24) is 0 Å². The van der Waals surface area contributed by atoms with Gasteiger partial charge in [-0.15, -0.1) is 0 Å². The Labute approximate surface area is 186 Å². The van der Waals surface area contributed by atoms with Crippen LogP contribution in [-0.4, -0.2) is 44.3 Å². The van der Waals surface area contributed by atoms with E-state index in [4.69, 9.17) is 15.2 Å². The van der Waals surface area contributed by atoms with Gasteiger partial charge in [0.05, 0.1) is 20.1 Å². The highest BCUT2D eigenvalue weighted by Gasteiger charge is 2.23. The summed E-state index contributed by atoms with van der Waals surface area (Å²) in [5.41, 5.74) is 8.69. The fourth-order valence-electron chi connectivity index (χ4n) is 3.31. The number of carbonyl (C=O) groups excluding carboxylic acids is 2. The summed E-state index contributed by atoms with van der Waals surface area (Å²) < 4.78 is 10.9. The highest BCUT2D eigenvalue weighted by atomic mass is 17.2. The van der Waals surface area contributed by atoms with Gasteiger partial charge in [-0.3, -0.25) is 9.59 Å². The Morgan fingerprint density at radius 2 is 1.94 bits per heavy atom. The lowest BCUT2D eigenvalue weighted by molar-refractivity contribution is -0.270. The number of aryl methyl sites for hydroxylation is 1. The zero-order valence-corrected chi connectivity index (χ0v) is 18.1. The molecule has 32 heavy (non-hydrogen) atoms. The summed E-state index contributed by atoms with van der Waals surface area (Å²) in [7, 11) is 1.39. The van der Waals surface area contributed by atoms with E-state index in [9.17, 15) is 9.59 Å². The molecule has 0 fully saturated rings. The second kappa shape index (κ2) is 11.3. The third-order valence-corrected chi connectivity index (χ3v) is 4.90. The number of anilines is 1. The number of aliphatic imine (C=N–C) groups is 1. The van der Waals surface area contributed by atoms with Crippen molar-refractivity contribution >= 4 is 23.4 Å². The van der Waals surface area contributed by atoms with E-state index >= 15 is 0 Å². The smallest absolute Gasteiger partial charge is 0.309 e. The van der Waals surface area contributed by atoms with Crippen LogP contribution in [0.25, 0.3) is 0 Å². The minimum Gasteiger partial charge on any atom is -0.490 e. The summed E-state index contributed by atoms with van der Waals surface area (Å²) in [4.78, 5) is 37.4. The molecule has 0 spiro atoms. The first kappa shape index (κ1) is 23.2. The molecule has 0 bridgehead atoms. The van der Waals surface area contributed by atoms with Crippen LogP contribution in [0.3, 0.4) is 0 Å². The minimum absolute atomic E-state index is 0.0177. The van der Waals surface area contributed by atoms with Crippen LogP contribution in [0.4, 0.5) is 5.69 Å². The van der Waals surface area contributed by atoms with Crippen LogP contribution in [0.1, 0.15) is 41.3 Å². The fraction of sp³-hybridized carbons (Fsp3) is 0.348. The minimum atomic E-state index is -0.257. The summed E-state index contributed by atoms with van der Waals surface area (Å²) >= 11 is 0. The van der Waals surface area contributed by atoms with Crippen molar-refractivity contribution in [3.05, 3.63) is 59.2 Å². The molecule has 9 heteroatoms. The molecule has 3 N–H and O–H groups in total. The summed E-state index contributed by atoms with van der Waals surface area (Å²) in [5.74, 6) is 0.504. The molecule has 1 unspecified atom stereocenters. The Kier molecular flexibility index (Phi) is 8.18. The normalized spacial score (nSPS) is 15.4. The molecule has 170 valence electrons. The number of ether oxygens (including phenoxy) is 2. The van der Waals surface area contributed by atoms with Gasteiger partial charge in [0.2, 0.25) is 0 Å². The van der Waals surface area contributed by atoms with E-state index in [1.54, 1.807) is 37.3 Å². The number of hydrogen-bond donors (Lipinski definition) is 2. The van der Waals surface area contributed by atoms with Crippen molar-refractivity contribution < 1.29 is 28.8 Å². The zero-order chi connectivity index (χ0) is 22.9. The number of carbonyl (C=O) groups is 2. The highest BCUT2D eigenvalue weighted by molar-refractivity contribution is 6.05. The van der Waals surface area contributed by atoms with Crippen molar-refractivity contribution in [3.63, 3.8) is 0 Å². The molecule has 1 amide bonds. The van der Waals surface area contributed by atoms with E-state index in [0.29, 0.717) is 29.8 Å². The van der Waals surface area contributed by atoms with Crippen molar-refractivity contribution in [2.75, 3.05) is 25.8 Å². The van der Waals surface area contributed by atoms with Gasteiger partial charge in [0, 0.05) is 16.8 Å². The molecule has 9 nitrogen and oxygen atoms in total. The zero-order valence-electron chi connectivity index (χ0n) is 18.1. The van der Waals surface area contributed by atoms with Crippen LogP contribution in [0.2, 0.25) is 0 Å². The van der Waals surface area contributed by atoms with Gasteiger partial charge in [0.25, 0.3) is 5.91 Å². The average Bonchev–Trinajstić information content (AvgIpc) is 2.79. The maximum absolute atomic E-state index is 12.6. The summed E-state index contributed by atoms with van der Waals surface area (Å²) in [6, 6.07) is 12.2. The predicted molar refractivity (Wildman–Crippen MR) is 119 cm³/mol. The maximum Gasteiger partial charge on any atom is 0.309 e. The Balaban J connectivity index is 1.59. The van der Waals surface area contributed by atoms with E-state index in [1.807, 2.05) is 12.1 Å². The quantitative estimate of drug-likeness (QED) is 0.153. The molecule has 0 saturated carbocycles. The fourth-order valence-corrected chi connectivity index (χ4v) is 3.31. The van der Waals surface area contributed by atoms with Crippen molar-refractivity contribution in [1.29, 1.82) is 0 Å². The molecule has 1 aliphatic rings. The molecule has 0 saturated heterocycles. The Morgan fingerprint density at radius 3 is 2.66 bits per heavy atom.